The first kappa shape index (κ1) is 16.0. The molecule has 2 rings (SSSR count). The van der Waals surface area contributed by atoms with Crippen LogP contribution in [-0.2, 0) is 10.0 Å². The third kappa shape index (κ3) is 4.04. The molecule has 0 bridgehead atoms. The van der Waals surface area contributed by atoms with E-state index >= 15 is 0 Å². The lowest BCUT2D eigenvalue weighted by Gasteiger charge is -2.27. The topological polar surface area (TPSA) is 89.3 Å². The minimum absolute atomic E-state index is 0.0304. The Hall–Kier alpha value is -1.40. The molecule has 1 aromatic carbocycles. The molecule has 1 fully saturated rings. The van der Waals surface area contributed by atoms with E-state index in [1.54, 1.807) is 6.92 Å². The molecule has 1 aromatic rings. The van der Waals surface area contributed by atoms with Gasteiger partial charge in [-0.1, -0.05) is 19.8 Å². The molecular weight excluding hydrogens is 288 g/mol. The van der Waals surface area contributed by atoms with Gasteiger partial charge in [-0.15, -0.1) is 0 Å². The average molecular weight is 310 g/mol. The number of rotatable bonds is 3. The molecule has 0 spiro atoms. The Morgan fingerprint density at radius 3 is 2.62 bits per heavy atom. The van der Waals surface area contributed by atoms with Crippen molar-refractivity contribution in [1.82, 2.24) is 5.32 Å². The number of hydrogen-bond acceptors (Lipinski definition) is 3. The van der Waals surface area contributed by atoms with Crippen LogP contribution in [0, 0.1) is 12.8 Å². The molecule has 0 radical (unpaired) electrons. The van der Waals surface area contributed by atoms with Crippen LogP contribution in [0.2, 0.25) is 0 Å². The summed E-state index contributed by atoms with van der Waals surface area (Å²) in [6.45, 7) is 3.91. The first-order valence-electron chi connectivity index (χ1n) is 7.21. The van der Waals surface area contributed by atoms with Gasteiger partial charge in [0.15, 0.2) is 0 Å². The summed E-state index contributed by atoms with van der Waals surface area (Å²) in [6.07, 6.45) is 4.36. The van der Waals surface area contributed by atoms with Crippen LogP contribution in [0.3, 0.4) is 0 Å². The van der Waals surface area contributed by atoms with E-state index in [-0.39, 0.29) is 16.8 Å². The average Bonchev–Trinajstić information content (AvgIpc) is 2.37. The third-order valence-electron chi connectivity index (χ3n) is 4.04. The predicted molar refractivity (Wildman–Crippen MR) is 81.4 cm³/mol. The highest BCUT2D eigenvalue weighted by molar-refractivity contribution is 7.89. The number of carbonyl (C=O) groups excluding carboxylic acids is 1. The van der Waals surface area contributed by atoms with Crippen LogP contribution >= 0.6 is 0 Å². The molecule has 1 saturated carbocycles. The van der Waals surface area contributed by atoms with E-state index in [0.717, 1.165) is 19.3 Å². The van der Waals surface area contributed by atoms with Crippen LogP contribution in [0.4, 0.5) is 0 Å². The van der Waals surface area contributed by atoms with Crippen molar-refractivity contribution in [2.24, 2.45) is 11.1 Å². The predicted octanol–water partition coefficient (Wildman–Crippen LogP) is 1.95. The fourth-order valence-corrected chi connectivity index (χ4v) is 3.50. The summed E-state index contributed by atoms with van der Waals surface area (Å²) in [5, 5.41) is 8.13. The molecule has 0 aromatic heterocycles. The molecule has 0 aliphatic heterocycles. The lowest BCUT2D eigenvalue weighted by Crippen LogP contribution is -2.38. The number of benzene rings is 1. The zero-order chi connectivity index (χ0) is 15.6. The Kier molecular flexibility index (Phi) is 4.68. The Labute approximate surface area is 126 Å². The van der Waals surface area contributed by atoms with Gasteiger partial charge in [0.2, 0.25) is 10.0 Å². The maximum absolute atomic E-state index is 12.3. The van der Waals surface area contributed by atoms with Gasteiger partial charge in [0.25, 0.3) is 5.91 Å². The highest BCUT2D eigenvalue weighted by atomic mass is 32.2. The number of hydrogen-bond donors (Lipinski definition) is 2. The molecule has 2 unspecified atom stereocenters. The molecule has 1 aliphatic carbocycles. The minimum Gasteiger partial charge on any atom is -0.349 e. The Balaban J connectivity index is 2.12. The van der Waals surface area contributed by atoms with Gasteiger partial charge < -0.3 is 5.32 Å². The van der Waals surface area contributed by atoms with Crippen LogP contribution in [0.5, 0.6) is 0 Å². The SMILES string of the molecule is Cc1cc(S(N)(=O)=O)ccc1C(=O)NC1CCCC(C)C1. The first-order valence-corrected chi connectivity index (χ1v) is 8.76. The van der Waals surface area contributed by atoms with Crippen molar-refractivity contribution in [2.75, 3.05) is 0 Å². The molecule has 116 valence electrons. The number of sulfonamides is 1. The van der Waals surface area contributed by atoms with Crippen LogP contribution in [0.25, 0.3) is 0 Å². The maximum Gasteiger partial charge on any atom is 0.251 e. The van der Waals surface area contributed by atoms with Crippen LogP contribution < -0.4 is 10.5 Å². The lowest BCUT2D eigenvalue weighted by atomic mass is 9.87. The summed E-state index contributed by atoms with van der Waals surface area (Å²) >= 11 is 0. The normalized spacial score (nSPS) is 22.8. The molecule has 21 heavy (non-hydrogen) atoms. The van der Waals surface area contributed by atoms with Crippen molar-refractivity contribution in [3.05, 3.63) is 29.3 Å². The van der Waals surface area contributed by atoms with Gasteiger partial charge in [0, 0.05) is 11.6 Å². The summed E-state index contributed by atoms with van der Waals surface area (Å²) in [6, 6.07) is 4.55. The van der Waals surface area contributed by atoms with Gasteiger partial charge >= 0.3 is 0 Å². The number of primary sulfonamides is 1. The summed E-state index contributed by atoms with van der Waals surface area (Å²) < 4.78 is 22.6. The molecule has 2 atom stereocenters. The molecule has 6 heteroatoms. The molecule has 0 heterocycles. The van der Waals surface area contributed by atoms with Crippen molar-refractivity contribution >= 4 is 15.9 Å². The van der Waals surface area contributed by atoms with Crippen molar-refractivity contribution in [1.29, 1.82) is 0 Å². The van der Waals surface area contributed by atoms with Gasteiger partial charge in [-0.2, -0.15) is 0 Å². The van der Waals surface area contributed by atoms with Gasteiger partial charge in [-0.3, -0.25) is 4.79 Å². The fraction of sp³-hybridized carbons (Fsp3) is 0.533. The van der Waals surface area contributed by atoms with E-state index in [9.17, 15) is 13.2 Å². The van der Waals surface area contributed by atoms with Gasteiger partial charge in [-0.25, -0.2) is 13.6 Å². The number of aryl methyl sites for hydroxylation is 1. The quantitative estimate of drug-likeness (QED) is 0.894. The standard InChI is InChI=1S/C15H22N2O3S/c1-10-4-3-5-12(8-10)17-15(18)14-7-6-13(9-11(14)2)21(16,19)20/h6-7,9-10,12H,3-5,8H2,1-2H3,(H,17,18)(H2,16,19,20). The van der Waals surface area contributed by atoms with E-state index < -0.39 is 10.0 Å². The molecule has 1 amide bonds. The van der Waals surface area contributed by atoms with Gasteiger partial charge in [0.05, 0.1) is 4.90 Å². The molecule has 5 nitrogen and oxygen atoms in total. The van der Waals surface area contributed by atoms with Crippen LogP contribution in [-0.4, -0.2) is 20.4 Å². The van der Waals surface area contributed by atoms with E-state index in [1.165, 1.54) is 24.6 Å². The van der Waals surface area contributed by atoms with Gasteiger partial charge in [0.1, 0.15) is 0 Å². The van der Waals surface area contributed by atoms with Crippen molar-refractivity contribution in [3.63, 3.8) is 0 Å². The van der Waals surface area contributed by atoms with E-state index in [0.29, 0.717) is 17.0 Å². The summed E-state index contributed by atoms with van der Waals surface area (Å²) in [5.74, 6) is 0.488. The Morgan fingerprint density at radius 1 is 1.33 bits per heavy atom. The summed E-state index contributed by atoms with van der Waals surface area (Å²) in [7, 11) is -3.73. The zero-order valence-electron chi connectivity index (χ0n) is 12.4. The Bertz CT molecular complexity index is 640. The fourth-order valence-electron chi connectivity index (χ4n) is 2.90. The second-order valence-corrected chi connectivity index (χ2v) is 7.53. The zero-order valence-corrected chi connectivity index (χ0v) is 13.2. The molecule has 3 N–H and O–H groups in total. The smallest absolute Gasteiger partial charge is 0.251 e. The van der Waals surface area contributed by atoms with Crippen molar-refractivity contribution < 1.29 is 13.2 Å². The highest BCUT2D eigenvalue weighted by Gasteiger charge is 2.22. The van der Waals surface area contributed by atoms with Crippen LogP contribution in [0.1, 0.15) is 48.5 Å². The van der Waals surface area contributed by atoms with Crippen molar-refractivity contribution in [3.8, 4) is 0 Å². The summed E-state index contributed by atoms with van der Waals surface area (Å²) in [5.41, 5.74) is 1.11. The monoisotopic (exact) mass is 310 g/mol. The second-order valence-electron chi connectivity index (χ2n) is 5.96. The highest BCUT2D eigenvalue weighted by Crippen LogP contribution is 2.24. The Morgan fingerprint density at radius 2 is 2.05 bits per heavy atom. The first-order chi connectivity index (χ1) is 9.77. The number of carbonyl (C=O) groups is 1. The largest absolute Gasteiger partial charge is 0.349 e. The maximum atomic E-state index is 12.3. The van der Waals surface area contributed by atoms with Crippen molar-refractivity contribution in [2.45, 2.75) is 50.5 Å². The number of nitrogens with two attached hydrogens (primary N) is 1. The summed E-state index contributed by atoms with van der Waals surface area (Å²) in [4.78, 5) is 12.3. The minimum atomic E-state index is -3.73. The van der Waals surface area contributed by atoms with Crippen LogP contribution in [0.15, 0.2) is 23.1 Å². The van der Waals surface area contributed by atoms with Gasteiger partial charge in [-0.05, 0) is 49.4 Å². The molecule has 1 aliphatic rings. The van der Waals surface area contributed by atoms with E-state index in [4.69, 9.17) is 5.14 Å². The molecular formula is C15H22N2O3S. The lowest BCUT2D eigenvalue weighted by molar-refractivity contribution is 0.0920. The number of amides is 1. The van der Waals surface area contributed by atoms with E-state index in [1.807, 2.05) is 0 Å². The second kappa shape index (κ2) is 6.15. The molecule has 0 saturated heterocycles. The number of nitrogens with one attached hydrogen (secondary N) is 1. The van der Waals surface area contributed by atoms with E-state index in [2.05, 4.69) is 12.2 Å². The third-order valence-corrected chi connectivity index (χ3v) is 4.95.